The van der Waals surface area contributed by atoms with Gasteiger partial charge in [-0.25, -0.2) is 0 Å². The zero-order valence-electron chi connectivity index (χ0n) is 18.8. The van der Waals surface area contributed by atoms with Gasteiger partial charge in [0.15, 0.2) is 11.0 Å². The first-order chi connectivity index (χ1) is 17.6. The van der Waals surface area contributed by atoms with E-state index in [4.69, 9.17) is 13.3 Å². The van der Waals surface area contributed by atoms with Crippen LogP contribution in [0.15, 0.2) is 126 Å². The van der Waals surface area contributed by atoms with Crippen LogP contribution >= 0.6 is 0 Å². The third-order valence-electron chi connectivity index (χ3n) is 5.90. The first-order valence-electron chi connectivity index (χ1n) is 11.2. The van der Waals surface area contributed by atoms with E-state index in [0.29, 0.717) is 44.4 Å². The quantitative estimate of drug-likeness (QED) is 0.279. The Bertz CT molecular complexity index is 2010. The maximum absolute atomic E-state index is 12.3. The van der Waals surface area contributed by atoms with Gasteiger partial charge in [-0.1, -0.05) is 48.5 Å². The van der Waals surface area contributed by atoms with Crippen LogP contribution in [-0.4, -0.2) is 5.11 Å². The summed E-state index contributed by atoms with van der Waals surface area (Å²) in [7, 11) is 0. The van der Waals surface area contributed by atoms with Gasteiger partial charge in [-0.3, -0.25) is 9.59 Å². The SMILES string of the molecule is O=c1c2ccccc2oc2c1oc1ccccc12.O=c1cc(-c2ccccc2O)oc2ccccc12. The molecule has 4 aromatic carbocycles. The van der Waals surface area contributed by atoms with E-state index in [9.17, 15) is 14.7 Å². The number of furan rings is 1. The Labute approximate surface area is 203 Å². The first-order valence-corrected chi connectivity index (χ1v) is 11.2. The number of hydrogen-bond donors (Lipinski definition) is 1. The van der Waals surface area contributed by atoms with Crippen molar-refractivity contribution in [2.24, 2.45) is 0 Å². The Kier molecular flexibility index (Phi) is 5.12. The fourth-order valence-electron chi connectivity index (χ4n) is 4.17. The Morgan fingerprint density at radius 1 is 0.528 bits per heavy atom. The number of para-hydroxylation sites is 4. The van der Waals surface area contributed by atoms with Gasteiger partial charge in [0.2, 0.25) is 11.0 Å². The molecular weight excluding hydrogens is 456 g/mol. The number of benzene rings is 4. The summed E-state index contributed by atoms with van der Waals surface area (Å²) in [5, 5.41) is 11.7. The topological polar surface area (TPSA) is 93.8 Å². The van der Waals surface area contributed by atoms with Crippen LogP contribution in [0, 0.1) is 0 Å². The number of hydrogen-bond acceptors (Lipinski definition) is 6. The average Bonchev–Trinajstić information content (AvgIpc) is 3.28. The fourth-order valence-corrected chi connectivity index (χ4v) is 4.17. The van der Waals surface area contributed by atoms with Crippen LogP contribution in [-0.2, 0) is 0 Å². The molecule has 0 aliphatic rings. The summed E-state index contributed by atoms with van der Waals surface area (Å²) in [6.07, 6.45) is 0. The van der Waals surface area contributed by atoms with E-state index in [1.54, 1.807) is 60.7 Å². The van der Waals surface area contributed by atoms with E-state index >= 15 is 0 Å². The number of phenols is 1. The van der Waals surface area contributed by atoms with Crippen molar-refractivity contribution in [1.82, 2.24) is 0 Å². The Balaban J connectivity index is 0.000000133. The molecule has 0 amide bonds. The summed E-state index contributed by atoms with van der Waals surface area (Å²) >= 11 is 0. The lowest BCUT2D eigenvalue weighted by atomic mass is 10.1. The minimum atomic E-state index is -0.122. The van der Waals surface area contributed by atoms with Gasteiger partial charge in [0, 0.05) is 6.07 Å². The number of rotatable bonds is 1. The molecule has 0 aliphatic heterocycles. The van der Waals surface area contributed by atoms with Gasteiger partial charge in [-0.15, -0.1) is 0 Å². The smallest absolute Gasteiger partial charge is 0.235 e. The van der Waals surface area contributed by atoms with E-state index in [1.165, 1.54) is 6.07 Å². The maximum Gasteiger partial charge on any atom is 0.235 e. The molecule has 6 heteroatoms. The zero-order chi connectivity index (χ0) is 24.6. The number of phenolic OH excluding ortho intramolecular Hbond substituents is 1. The predicted molar refractivity (Wildman–Crippen MR) is 139 cm³/mol. The highest BCUT2D eigenvalue weighted by Gasteiger charge is 2.14. The van der Waals surface area contributed by atoms with Gasteiger partial charge in [-0.2, -0.15) is 0 Å². The van der Waals surface area contributed by atoms with E-state index in [1.807, 2.05) is 36.4 Å². The molecule has 7 rings (SSSR count). The third kappa shape index (κ3) is 3.61. The average molecular weight is 474 g/mol. The monoisotopic (exact) mass is 474 g/mol. The van der Waals surface area contributed by atoms with Crippen LogP contribution in [0.25, 0.3) is 55.4 Å². The summed E-state index contributed by atoms with van der Waals surface area (Å²) in [5.41, 5.74) is 2.86. The second kappa shape index (κ2) is 8.60. The fraction of sp³-hybridized carbons (Fsp3) is 0. The molecule has 3 heterocycles. The van der Waals surface area contributed by atoms with Crippen LogP contribution in [0.2, 0.25) is 0 Å². The third-order valence-corrected chi connectivity index (χ3v) is 5.90. The lowest BCUT2D eigenvalue weighted by Crippen LogP contribution is -1.99. The van der Waals surface area contributed by atoms with Crippen molar-refractivity contribution in [2.45, 2.75) is 0 Å². The van der Waals surface area contributed by atoms with E-state index in [-0.39, 0.29) is 22.2 Å². The molecule has 3 aromatic heterocycles. The lowest BCUT2D eigenvalue weighted by Gasteiger charge is -2.04. The molecule has 1 N–H and O–H groups in total. The summed E-state index contributed by atoms with van der Waals surface area (Å²) in [5.74, 6) is 0.465. The molecule has 0 saturated heterocycles. The number of aromatic hydroxyl groups is 1. The molecular formula is C30H18O6. The van der Waals surface area contributed by atoms with Crippen molar-refractivity contribution >= 4 is 44.1 Å². The van der Waals surface area contributed by atoms with Crippen molar-refractivity contribution in [1.29, 1.82) is 0 Å². The zero-order valence-corrected chi connectivity index (χ0v) is 18.8. The highest BCUT2D eigenvalue weighted by molar-refractivity contribution is 6.03. The maximum atomic E-state index is 12.3. The first kappa shape index (κ1) is 21.4. The minimum absolute atomic E-state index is 0.0935. The lowest BCUT2D eigenvalue weighted by molar-refractivity contribution is 0.474. The van der Waals surface area contributed by atoms with Gasteiger partial charge in [0.1, 0.15) is 28.3 Å². The summed E-state index contributed by atoms with van der Waals surface area (Å²) in [6, 6.07) is 29.9. The normalized spacial score (nSPS) is 11.1. The highest BCUT2D eigenvalue weighted by Crippen LogP contribution is 2.30. The van der Waals surface area contributed by atoms with Crippen molar-refractivity contribution in [2.75, 3.05) is 0 Å². The van der Waals surface area contributed by atoms with Crippen molar-refractivity contribution in [3.8, 4) is 17.1 Å². The van der Waals surface area contributed by atoms with Crippen LogP contribution in [0.4, 0.5) is 0 Å². The summed E-state index contributed by atoms with van der Waals surface area (Å²) in [6.45, 7) is 0. The van der Waals surface area contributed by atoms with Gasteiger partial charge in [-0.05, 0) is 48.5 Å². The van der Waals surface area contributed by atoms with Crippen molar-refractivity contribution in [3.05, 3.63) is 124 Å². The van der Waals surface area contributed by atoms with Crippen LogP contribution in [0.3, 0.4) is 0 Å². The van der Waals surface area contributed by atoms with Gasteiger partial charge in [0.25, 0.3) is 0 Å². The van der Waals surface area contributed by atoms with Gasteiger partial charge in [0.05, 0.1) is 21.7 Å². The molecule has 7 aromatic rings. The van der Waals surface area contributed by atoms with Crippen LogP contribution in [0.5, 0.6) is 5.75 Å². The molecule has 0 aliphatic carbocycles. The summed E-state index contributed by atoms with van der Waals surface area (Å²) < 4.78 is 17.0. The van der Waals surface area contributed by atoms with E-state index < -0.39 is 0 Å². The molecule has 0 bridgehead atoms. The molecule has 174 valence electrons. The molecule has 36 heavy (non-hydrogen) atoms. The Morgan fingerprint density at radius 3 is 1.78 bits per heavy atom. The molecule has 0 atom stereocenters. The van der Waals surface area contributed by atoms with Gasteiger partial charge >= 0.3 is 0 Å². The largest absolute Gasteiger partial charge is 0.507 e. The Morgan fingerprint density at radius 2 is 1.06 bits per heavy atom. The van der Waals surface area contributed by atoms with E-state index in [2.05, 4.69) is 0 Å². The van der Waals surface area contributed by atoms with Crippen molar-refractivity contribution in [3.63, 3.8) is 0 Å². The summed E-state index contributed by atoms with van der Waals surface area (Å²) in [4.78, 5) is 24.2. The standard InChI is InChI=1S/C15H8O3.C15H10O3/c16-13-9-5-1-3-7-11(9)17-14-10-6-2-4-8-12(10)18-15(13)14;16-12-7-3-1-5-10(12)15-9-13(17)11-6-2-4-8-14(11)18-15/h1-8H;1-9,16H. The molecule has 0 saturated carbocycles. The molecule has 0 unspecified atom stereocenters. The van der Waals surface area contributed by atoms with Gasteiger partial charge < -0.3 is 18.4 Å². The van der Waals surface area contributed by atoms with E-state index in [0.717, 1.165) is 5.39 Å². The molecule has 0 fully saturated rings. The second-order valence-corrected chi connectivity index (χ2v) is 8.17. The predicted octanol–water partition coefficient (Wildman–Crippen LogP) is 6.86. The highest BCUT2D eigenvalue weighted by atomic mass is 16.4. The molecule has 0 radical (unpaired) electrons. The van der Waals surface area contributed by atoms with Crippen LogP contribution < -0.4 is 10.9 Å². The minimum Gasteiger partial charge on any atom is -0.507 e. The van der Waals surface area contributed by atoms with Crippen molar-refractivity contribution < 1.29 is 18.4 Å². The molecule has 6 nitrogen and oxygen atoms in total. The Hall–Kier alpha value is -5.10. The second-order valence-electron chi connectivity index (χ2n) is 8.17. The van der Waals surface area contributed by atoms with Crippen LogP contribution in [0.1, 0.15) is 0 Å². The molecule has 0 spiro atoms. The number of fused-ring (bicyclic) bond motifs is 5.